The number of amides is 1. The van der Waals surface area contributed by atoms with Crippen molar-refractivity contribution in [2.75, 3.05) is 11.9 Å². The molecule has 152 valence electrons. The van der Waals surface area contributed by atoms with Crippen LogP contribution in [0.4, 0.5) is 18.9 Å². The van der Waals surface area contributed by atoms with Crippen molar-refractivity contribution < 1.29 is 27.5 Å². The Balaban J connectivity index is 1.61. The number of alkyl halides is 3. The number of hydrogen-bond acceptors (Lipinski definition) is 5. The molecule has 0 saturated heterocycles. The zero-order valence-electron chi connectivity index (χ0n) is 15.2. The lowest BCUT2D eigenvalue weighted by Crippen LogP contribution is -2.19. The van der Waals surface area contributed by atoms with Crippen LogP contribution in [0.2, 0.25) is 0 Å². The molecule has 2 heterocycles. The topological polar surface area (TPSA) is 91.0 Å². The van der Waals surface area contributed by atoms with Crippen LogP contribution in [-0.4, -0.2) is 38.0 Å². The van der Waals surface area contributed by atoms with Gasteiger partial charge in [0.15, 0.2) is 11.4 Å². The van der Waals surface area contributed by atoms with E-state index in [-0.39, 0.29) is 18.8 Å². The number of carbonyl (C=O) groups is 2. The molecule has 29 heavy (non-hydrogen) atoms. The van der Waals surface area contributed by atoms with E-state index in [4.69, 9.17) is 4.74 Å². The summed E-state index contributed by atoms with van der Waals surface area (Å²) in [6.45, 7) is 1.58. The summed E-state index contributed by atoms with van der Waals surface area (Å²) in [6.07, 6.45) is -1.88. The average molecular weight is 407 g/mol. The minimum Gasteiger partial charge on any atom is -0.461 e. The summed E-state index contributed by atoms with van der Waals surface area (Å²) in [6, 6.07) is 8.84. The number of nitrogens with zero attached hydrogens (tertiary/aromatic N) is 4. The zero-order chi connectivity index (χ0) is 21.0. The van der Waals surface area contributed by atoms with Gasteiger partial charge in [-0.05, 0) is 43.3 Å². The summed E-state index contributed by atoms with van der Waals surface area (Å²) in [4.78, 5) is 23.7. The second kappa shape index (κ2) is 8.17. The van der Waals surface area contributed by atoms with E-state index in [1.54, 1.807) is 37.4 Å². The van der Waals surface area contributed by atoms with Crippen molar-refractivity contribution in [1.82, 2.24) is 19.6 Å². The molecular weight excluding hydrogens is 391 g/mol. The molecule has 1 aromatic carbocycles. The van der Waals surface area contributed by atoms with Crippen LogP contribution in [0.25, 0.3) is 5.69 Å². The molecule has 1 N–H and O–H groups in total. The second-order valence-corrected chi connectivity index (χ2v) is 5.86. The standard InChI is InChI=1S/C18H16F3N5O3/c1-2-29-17(28)14-7-10-26(23-14)13-5-3-12(4-6-13)22-16(27)11-25-9-8-15(24-25)18(19,20)21/h3-10H,2,11H2,1H3,(H,22,27). The van der Waals surface area contributed by atoms with Gasteiger partial charge in [0.25, 0.3) is 0 Å². The minimum absolute atomic E-state index is 0.168. The summed E-state index contributed by atoms with van der Waals surface area (Å²) in [5.74, 6) is -1.05. The van der Waals surface area contributed by atoms with E-state index >= 15 is 0 Å². The van der Waals surface area contributed by atoms with Gasteiger partial charge in [-0.1, -0.05) is 0 Å². The summed E-state index contributed by atoms with van der Waals surface area (Å²) in [7, 11) is 0. The molecular formula is C18H16F3N5O3. The van der Waals surface area contributed by atoms with Crippen LogP contribution in [-0.2, 0) is 22.3 Å². The number of ether oxygens (including phenoxy) is 1. The van der Waals surface area contributed by atoms with E-state index in [0.29, 0.717) is 11.4 Å². The Kier molecular flexibility index (Phi) is 5.66. The van der Waals surface area contributed by atoms with Crippen molar-refractivity contribution >= 4 is 17.6 Å². The number of anilines is 1. The Labute approximate surface area is 162 Å². The highest BCUT2D eigenvalue weighted by Gasteiger charge is 2.33. The van der Waals surface area contributed by atoms with Gasteiger partial charge >= 0.3 is 12.1 Å². The van der Waals surface area contributed by atoms with Gasteiger partial charge in [-0.25, -0.2) is 9.48 Å². The maximum absolute atomic E-state index is 12.5. The van der Waals surface area contributed by atoms with Gasteiger partial charge in [-0.2, -0.15) is 23.4 Å². The maximum Gasteiger partial charge on any atom is 0.435 e. The molecule has 0 radical (unpaired) electrons. The van der Waals surface area contributed by atoms with Crippen molar-refractivity contribution in [3.63, 3.8) is 0 Å². The zero-order valence-corrected chi connectivity index (χ0v) is 15.2. The first-order valence-electron chi connectivity index (χ1n) is 8.50. The average Bonchev–Trinajstić information content (AvgIpc) is 3.32. The fourth-order valence-corrected chi connectivity index (χ4v) is 2.43. The fraction of sp³-hybridized carbons (Fsp3) is 0.222. The number of benzene rings is 1. The molecule has 0 unspecified atom stereocenters. The van der Waals surface area contributed by atoms with Crippen molar-refractivity contribution in [3.05, 3.63) is 60.2 Å². The number of hydrogen-bond donors (Lipinski definition) is 1. The maximum atomic E-state index is 12.5. The number of nitrogens with one attached hydrogen (secondary N) is 1. The second-order valence-electron chi connectivity index (χ2n) is 5.86. The largest absolute Gasteiger partial charge is 0.461 e. The lowest BCUT2D eigenvalue weighted by molar-refractivity contribution is -0.141. The Morgan fingerprint density at radius 2 is 1.79 bits per heavy atom. The first-order valence-corrected chi connectivity index (χ1v) is 8.50. The molecule has 8 nitrogen and oxygen atoms in total. The first-order chi connectivity index (χ1) is 13.8. The molecule has 0 fully saturated rings. The van der Waals surface area contributed by atoms with Crippen LogP contribution >= 0.6 is 0 Å². The quantitative estimate of drug-likeness (QED) is 0.635. The van der Waals surface area contributed by atoms with Gasteiger partial charge in [-0.3, -0.25) is 9.48 Å². The van der Waals surface area contributed by atoms with Crippen LogP contribution in [0.3, 0.4) is 0 Å². The van der Waals surface area contributed by atoms with E-state index in [1.807, 2.05) is 0 Å². The minimum atomic E-state index is -4.56. The molecule has 0 aliphatic heterocycles. The van der Waals surface area contributed by atoms with E-state index < -0.39 is 23.7 Å². The molecule has 11 heteroatoms. The molecule has 1 amide bonds. The molecule has 0 bridgehead atoms. The molecule has 0 atom stereocenters. The highest BCUT2D eigenvalue weighted by Crippen LogP contribution is 2.27. The molecule has 0 aliphatic rings. The number of esters is 1. The van der Waals surface area contributed by atoms with Crippen LogP contribution in [0.15, 0.2) is 48.8 Å². The third-order valence-electron chi connectivity index (χ3n) is 3.73. The lowest BCUT2D eigenvalue weighted by atomic mass is 10.3. The molecule has 3 aromatic rings. The summed E-state index contributed by atoms with van der Waals surface area (Å²) < 4.78 is 44.9. The summed E-state index contributed by atoms with van der Waals surface area (Å²) in [5, 5.41) is 10.0. The van der Waals surface area contributed by atoms with E-state index in [0.717, 1.165) is 16.9 Å². The molecule has 2 aromatic heterocycles. The molecule has 3 rings (SSSR count). The SMILES string of the molecule is CCOC(=O)c1ccn(-c2ccc(NC(=O)Cn3ccc(C(F)(F)F)n3)cc2)n1. The number of rotatable bonds is 6. The van der Waals surface area contributed by atoms with Gasteiger partial charge in [-0.15, -0.1) is 0 Å². The third kappa shape index (κ3) is 5.00. The van der Waals surface area contributed by atoms with Gasteiger partial charge in [0.1, 0.15) is 6.54 Å². The monoisotopic (exact) mass is 407 g/mol. The predicted molar refractivity (Wildman–Crippen MR) is 95.4 cm³/mol. The van der Waals surface area contributed by atoms with Crippen molar-refractivity contribution in [3.8, 4) is 5.69 Å². The Morgan fingerprint density at radius 3 is 2.41 bits per heavy atom. The van der Waals surface area contributed by atoms with Crippen LogP contribution in [0.1, 0.15) is 23.1 Å². The van der Waals surface area contributed by atoms with Crippen LogP contribution < -0.4 is 5.32 Å². The molecule has 0 saturated carbocycles. The van der Waals surface area contributed by atoms with Gasteiger partial charge in [0.2, 0.25) is 5.91 Å². The van der Waals surface area contributed by atoms with Gasteiger partial charge < -0.3 is 10.1 Å². The van der Waals surface area contributed by atoms with Crippen molar-refractivity contribution in [1.29, 1.82) is 0 Å². The van der Waals surface area contributed by atoms with Crippen LogP contribution in [0.5, 0.6) is 0 Å². The number of aromatic nitrogens is 4. The van der Waals surface area contributed by atoms with Gasteiger partial charge in [0, 0.05) is 18.1 Å². The molecule has 0 spiro atoms. The number of halogens is 3. The van der Waals surface area contributed by atoms with E-state index in [2.05, 4.69) is 15.5 Å². The number of carbonyl (C=O) groups excluding carboxylic acids is 2. The van der Waals surface area contributed by atoms with Crippen molar-refractivity contribution in [2.45, 2.75) is 19.6 Å². The summed E-state index contributed by atoms with van der Waals surface area (Å²) >= 11 is 0. The lowest BCUT2D eigenvalue weighted by Gasteiger charge is -2.07. The first kappa shape index (κ1) is 20.1. The normalized spacial score (nSPS) is 11.3. The fourth-order valence-electron chi connectivity index (χ4n) is 2.43. The van der Waals surface area contributed by atoms with E-state index in [9.17, 15) is 22.8 Å². The Bertz CT molecular complexity index is 1010. The molecule has 0 aliphatic carbocycles. The Hall–Kier alpha value is -3.63. The van der Waals surface area contributed by atoms with E-state index in [1.165, 1.54) is 10.7 Å². The van der Waals surface area contributed by atoms with Crippen molar-refractivity contribution in [2.24, 2.45) is 0 Å². The highest BCUT2D eigenvalue weighted by molar-refractivity contribution is 5.90. The van der Waals surface area contributed by atoms with Crippen LogP contribution in [0, 0.1) is 0 Å². The van der Waals surface area contributed by atoms with Gasteiger partial charge in [0.05, 0.1) is 12.3 Å². The highest BCUT2D eigenvalue weighted by atomic mass is 19.4. The third-order valence-corrected chi connectivity index (χ3v) is 3.73. The Morgan fingerprint density at radius 1 is 1.07 bits per heavy atom. The summed E-state index contributed by atoms with van der Waals surface area (Å²) in [5.41, 5.74) is 0.193. The predicted octanol–water partition coefficient (Wildman–Crippen LogP) is 2.90. The smallest absolute Gasteiger partial charge is 0.435 e.